The predicted molar refractivity (Wildman–Crippen MR) is 123 cm³/mol. The van der Waals surface area contributed by atoms with E-state index in [1.165, 1.54) is 0 Å². The summed E-state index contributed by atoms with van der Waals surface area (Å²) in [6.45, 7) is 0. The summed E-state index contributed by atoms with van der Waals surface area (Å²) in [5.41, 5.74) is 6.09. The van der Waals surface area contributed by atoms with E-state index in [9.17, 15) is 43.8 Å². The van der Waals surface area contributed by atoms with Crippen LogP contribution in [0, 0.1) is 0 Å². The maximum atomic E-state index is 13.0. The van der Waals surface area contributed by atoms with Gasteiger partial charge < -0.3 is 42.1 Å². The first-order valence-corrected chi connectivity index (χ1v) is 10.9. The highest BCUT2D eigenvalue weighted by Crippen LogP contribution is 2.07. The molecule has 15 heteroatoms. The van der Waals surface area contributed by atoms with E-state index in [4.69, 9.17) is 15.9 Å². The van der Waals surface area contributed by atoms with Crippen LogP contribution in [0.4, 0.5) is 0 Å². The smallest absolute Gasteiger partial charge is 0.326 e. The molecule has 202 valence electrons. The van der Waals surface area contributed by atoms with Gasteiger partial charge in [0, 0.05) is 12.8 Å². The van der Waals surface area contributed by atoms with Crippen LogP contribution < -0.4 is 21.7 Å². The van der Waals surface area contributed by atoms with Crippen molar-refractivity contribution in [3.63, 3.8) is 0 Å². The van der Waals surface area contributed by atoms with Crippen LogP contribution in [0.5, 0.6) is 0 Å². The Morgan fingerprint density at radius 3 is 1.70 bits per heavy atom. The van der Waals surface area contributed by atoms with Crippen LogP contribution in [0.3, 0.4) is 0 Å². The van der Waals surface area contributed by atoms with Crippen molar-refractivity contribution < 1.29 is 54.0 Å². The van der Waals surface area contributed by atoms with Crippen molar-refractivity contribution >= 4 is 41.6 Å². The van der Waals surface area contributed by atoms with Gasteiger partial charge >= 0.3 is 23.9 Å². The number of aliphatic carboxylic acids is 4. The molecule has 3 amide bonds. The van der Waals surface area contributed by atoms with Gasteiger partial charge in [0.1, 0.15) is 18.1 Å². The Labute approximate surface area is 210 Å². The fourth-order valence-electron chi connectivity index (χ4n) is 3.07. The summed E-state index contributed by atoms with van der Waals surface area (Å²) >= 11 is 0. The fraction of sp³-hybridized carbons (Fsp3) is 0.409. The quantitative estimate of drug-likeness (QED) is 0.116. The normalized spacial score (nSPS) is 13.8. The van der Waals surface area contributed by atoms with Crippen molar-refractivity contribution in [2.75, 3.05) is 0 Å². The maximum absolute atomic E-state index is 13.0. The zero-order valence-corrected chi connectivity index (χ0v) is 19.5. The minimum atomic E-state index is -1.79. The number of benzene rings is 1. The lowest BCUT2D eigenvalue weighted by Gasteiger charge is -2.24. The highest BCUT2D eigenvalue weighted by atomic mass is 16.4. The van der Waals surface area contributed by atoms with Gasteiger partial charge in [0.2, 0.25) is 17.7 Å². The second-order valence-electron chi connectivity index (χ2n) is 7.95. The molecular formula is C22H28N4O11. The Morgan fingerprint density at radius 2 is 1.19 bits per heavy atom. The van der Waals surface area contributed by atoms with Crippen molar-refractivity contribution in [2.45, 2.75) is 56.3 Å². The summed E-state index contributed by atoms with van der Waals surface area (Å²) < 4.78 is 0. The molecule has 37 heavy (non-hydrogen) atoms. The van der Waals surface area contributed by atoms with Crippen LogP contribution in [0.25, 0.3) is 0 Å². The second-order valence-corrected chi connectivity index (χ2v) is 7.95. The van der Waals surface area contributed by atoms with Crippen molar-refractivity contribution in [2.24, 2.45) is 5.73 Å². The average molecular weight is 524 g/mol. The number of nitrogens with one attached hydrogen (secondary N) is 3. The van der Waals surface area contributed by atoms with E-state index in [1.54, 1.807) is 30.3 Å². The molecule has 0 saturated carbocycles. The average Bonchev–Trinajstić information content (AvgIpc) is 2.80. The first-order valence-electron chi connectivity index (χ1n) is 10.9. The molecule has 0 heterocycles. The molecule has 0 bridgehead atoms. The SMILES string of the molecule is NC(CC(=O)O)C(=O)NC(Cc1ccccc1)C(=O)NC(CC(=O)O)C(=O)NC(CCC(=O)O)C(=O)O. The third kappa shape index (κ3) is 11.6. The molecule has 0 aromatic heterocycles. The molecule has 9 N–H and O–H groups in total. The van der Waals surface area contributed by atoms with E-state index in [0.717, 1.165) is 0 Å². The van der Waals surface area contributed by atoms with Crippen molar-refractivity contribution in [1.29, 1.82) is 0 Å². The summed E-state index contributed by atoms with van der Waals surface area (Å²) in [7, 11) is 0. The molecule has 0 aliphatic rings. The minimum absolute atomic E-state index is 0.143. The van der Waals surface area contributed by atoms with Crippen LogP contribution in [0.15, 0.2) is 30.3 Å². The summed E-state index contributed by atoms with van der Waals surface area (Å²) in [4.78, 5) is 82.3. The van der Waals surface area contributed by atoms with E-state index >= 15 is 0 Å². The number of carboxylic acid groups (broad SMARTS) is 4. The molecule has 0 saturated heterocycles. The second kappa shape index (κ2) is 14.8. The summed E-state index contributed by atoms with van der Waals surface area (Å²) in [6.07, 6.45) is -2.95. The van der Waals surface area contributed by atoms with Crippen molar-refractivity contribution in [3.8, 4) is 0 Å². The zero-order chi connectivity index (χ0) is 28.1. The van der Waals surface area contributed by atoms with Crippen molar-refractivity contribution in [3.05, 3.63) is 35.9 Å². The first kappa shape index (κ1) is 30.5. The Hall–Kier alpha value is -4.53. The molecule has 1 aromatic carbocycles. The van der Waals surface area contributed by atoms with E-state index < -0.39 is 91.4 Å². The lowest BCUT2D eigenvalue weighted by molar-refractivity contribution is -0.144. The topological polar surface area (TPSA) is 263 Å². The molecule has 0 aliphatic heterocycles. The maximum Gasteiger partial charge on any atom is 0.326 e. The molecule has 0 aliphatic carbocycles. The van der Waals surface area contributed by atoms with Crippen molar-refractivity contribution in [1.82, 2.24) is 16.0 Å². The largest absolute Gasteiger partial charge is 0.481 e. The molecule has 4 atom stereocenters. The standard InChI is InChI=1S/C22H28N4O11/c23-12(9-17(29)30)19(33)25-14(8-11-4-2-1-3-5-11)20(34)26-15(10-18(31)32)21(35)24-13(22(36)37)6-7-16(27)28/h1-5,12-15H,6-10,23H2,(H,24,35)(H,25,33)(H,26,34)(H,27,28)(H,29,30)(H,31,32)(H,36,37). The van der Waals surface area contributed by atoms with Crippen LogP contribution >= 0.6 is 0 Å². The number of rotatable bonds is 16. The van der Waals surface area contributed by atoms with E-state index in [1.807, 2.05) is 5.32 Å². The minimum Gasteiger partial charge on any atom is -0.481 e. The monoisotopic (exact) mass is 524 g/mol. The van der Waals surface area contributed by atoms with Gasteiger partial charge in [0.25, 0.3) is 0 Å². The number of hydrogen-bond donors (Lipinski definition) is 8. The van der Waals surface area contributed by atoms with Crippen LogP contribution in [0.2, 0.25) is 0 Å². The van der Waals surface area contributed by atoms with Gasteiger partial charge in [-0.15, -0.1) is 0 Å². The first-order chi connectivity index (χ1) is 17.3. The molecule has 0 radical (unpaired) electrons. The van der Waals surface area contributed by atoms with Crippen LogP contribution in [0.1, 0.15) is 31.2 Å². The molecule has 1 rings (SSSR count). The van der Waals surface area contributed by atoms with Gasteiger partial charge in [-0.25, -0.2) is 4.79 Å². The number of amides is 3. The lowest BCUT2D eigenvalue weighted by Crippen LogP contribution is -2.58. The van der Waals surface area contributed by atoms with E-state index in [0.29, 0.717) is 5.56 Å². The van der Waals surface area contributed by atoms with E-state index in [2.05, 4.69) is 10.6 Å². The lowest BCUT2D eigenvalue weighted by atomic mass is 10.0. The summed E-state index contributed by atoms with van der Waals surface area (Å²) in [6, 6.07) is 1.82. The molecule has 0 spiro atoms. The molecule has 0 fully saturated rings. The number of carbonyl (C=O) groups is 7. The highest BCUT2D eigenvalue weighted by Gasteiger charge is 2.32. The van der Waals surface area contributed by atoms with Gasteiger partial charge in [0.05, 0.1) is 18.9 Å². The van der Waals surface area contributed by atoms with Crippen LogP contribution in [-0.2, 0) is 40.0 Å². The Bertz CT molecular complexity index is 1020. The fourth-order valence-corrected chi connectivity index (χ4v) is 3.07. The molecule has 1 aromatic rings. The van der Waals surface area contributed by atoms with E-state index in [-0.39, 0.29) is 6.42 Å². The Kier molecular flexibility index (Phi) is 12.2. The summed E-state index contributed by atoms with van der Waals surface area (Å²) in [5.74, 6) is -9.00. The Morgan fingerprint density at radius 1 is 0.676 bits per heavy atom. The van der Waals surface area contributed by atoms with Crippen LogP contribution in [-0.4, -0.2) is 86.2 Å². The number of carbonyl (C=O) groups excluding carboxylic acids is 3. The summed E-state index contributed by atoms with van der Waals surface area (Å²) in [5, 5.41) is 42.4. The van der Waals surface area contributed by atoms with Gasteiger partial charge in [-0.05, 0) is 12.0 Å². The number of nitrogens with two attached hydrogens (primary N) is 1. The third-order valence-electron chi connectivity index (χ3n) is 4.92. The number of carboxylic acids is 4. The van der Waals surface area contributed by atoms with Gasteiger partial charge in [0.15, 0.2) is 0 Å². The molecule has 15 nitrogen and oxygen atoms in total. The molecular weight excluding hydrogens is 496 g/mol. The Balaban J connectivity index is 3.11. The van der Waals surface area contributed by atoms with Gasteiger partial charge in [-0.3, -0.25) is 28.8 Å². The zero-order valence-electron chi connectivity index (χ0n) is 19.5. The van der Waals surface area contributed by atoms with Gasteiger partial charge in [-0.1, -0.05) is 30.3 Å². The predicted octanol–water partition coefficient (Wildman–Crippen LogP) is -2.09. The third-order valence-corrected chi connectivity index (χ3v) is 4.92. The van der Waals surface area contributed by atoms with Gasteiger partial charge in [-0.2, -0.15) is 0 Å². The number of hydrogen-bond acceptors (Lipinski definition) is 8. The highest BCUT2D eigenvalue weighted by molar-refractivity contribution is 5.96. The molecule has 4 unspecified atom stereocenters.